The summed E-state index contributed by atoms with van der Waals surface area (Å²) in [6, 6.07) is 17.9. The number of pyridine rings is 1. The predicted molar refractivity (Wildman–Crippen MR) is 114 cm³/mol. The van der Waals surface area contributed by atoms with E-state index in [-0.39, 0.29) is 4.90 Å². The zero-order valence-corrected chi connectivity index (χ0v) is 17.2. The van der Waals surface area contributed by atoms with Crippen molar-refractivity contribution < 1.29 is 23.1 Å². The van der Waals surface area contributed by atoms with Crippen LogP contribution in [0.2, 0.25) is 0 Å². The third-order valence-corrected chi connectivity index (χ3v) is 5.93. The molecule has 1 aromatic heterocycles. The molecule has 8 heteroatoms. The zero-order valence-electron chi connectivity index (χ0n) is 16.4. The highest BCUT2D eigenvalue weighted by molar-refractivity contribution is 7.92. The lowest BCUT2D eigenvalue weighted by Crippen LogP contribution is -2.15. The number of hydrogen-bond donors (Lipinski definition) is 2. The number of carboxylic acids is 1. The fraction of sp³-hybridized carbons (Fsp3) is 0.182. The smallest absolute Gasteiger partial charge is 0.319 e. The molecule has 0 saturated carbocycles. The van der Waals surface area contributed by atoms with E-state index in [1.54, 1.807) is 18.3 Å². The number of aliphatic carboxylic acids is 1. The van der Waals surface area contributed by atoms with E-state index in [1.165, 1.54) is 12.1 Å². The van der Waals surface area contributed by atoms with Crippen molar-refractivity contribution in [3.8, 4) is 17.0 Å². The molecule has 0 bridgehead atoms. The minimum atomic E-state index is -3.83. The molecule has 1 heterocycles. The molecule has 7 nitrogen and oxygen atoms in total. The van der Waals surface area contributed by atoms with Crippen LogP contribution in [0.1, 0.15) is 12.5 Å². The van der Waals surface area contributed by atoms with Crippen molar-refractivity contribution in [3.05, 3.63) is 72.4 Å². The number of carboxylic acid groups (broad SMARTS) is 1. The van der Waals surface area contributed by atoms with Gasteiger partial charge in [0.25, 0.3) is 0 Å². The van der Waals surface area contributed by atoms with Crippen LogP contribution < -0.4 is 10.1 Å². The van der Waals surface area contributed by atoms with Gasteiger partial charge >= 0.3 is 5.97 Å². The minimum absolute atomic E-state index is 0.0137. The average molecular weight is 426 g/mol. The standard InChI is InChI=1S/C22H22N2O5S/c1-2-29-21-13-18(10-11-23-21)17-5-3-4-16(12-17)14-24-19-6-8-20(9-7-19)30(27,28)15-22(25)26/h3-13,24H,2,14-15H2,1H3,(H,25,26). The van der Waals surface area contributed by atoms with E-state index in [0.717, 1.165) is 22.4 Å². The summed E-state index contributed by atoms with van der Waals surface area (Å²) in [7, 11) is -3.83. The molecule has 0 saturated heterocycles. The van der Waals surface area contributed by atoms with E-state index in [2.05, 4.69) is 16.4 Å². The van der Waals surface area contributed by atoms with Gasteiger partial charge in [-0.1, -0.05) is 18.2 Å². The summed E-state index contributed by atoms with van der Waals surface area (Å²) in [4.78, 5) is 14.9. The molecule has 0 aliphatic heterocycles. The molecule has 0 aliphatic carbocycles. The average Bonchev–Trinajstić information content (AvgIpc) is 2.72. The Morgan fingerprint density at radius 2 is 1.80 bits per heavy atom. The lowest BCUT2D eigenvalue weighted by atomic mass is 10.0. The SMILES string of the molecule is CCOc1cc(-c2cccc(CNc3ccc(S(=O)(=O)CC(=O)O)cc3)c2)ccn1. The van der Waals surface area contributed by atoms with E-state index in [0.29, 0.717) is 19.0 Å². The predicted octanol–water partition coefficient (Wildman–Crippen LogP) is 3.62. The van der Waals surface area contributed by atoms with Crippen LogP contribution >= 0.6 is 0 Å². The van der Waals surface area contributed by atoms with Crippen LogP contribution in [0.4, 0.5) is 5.69 Å². The molecule has 30 heavy (non-hydrogen) atoms. The first-order chi connectivity index (χ1) is 14.4. The van der Waals surface area contributed by atoms with E-state index in [4.69, 9.17) is 9.84 Å². The molecule has 2 N–H and O–H groups in total. The van der Waals surface area contributed by atoms with E-state index in [9.17, 15) is 13.2 Å². The van der Waals surface area contributed by atoms with Crippen molar-refractivity contribution in [1.29, 1.82) is 0 Å². The van der Waals surface area contributed by atoms with Gasteiger partial charge in [-0.05, 0) is 60.0 Å². The van der Waals surface area contributed by atoms with Crippen molar-refractivity contribution in [2.75, 3.05) is 17.7 Å². The van der Waals surface area contributed by atoms with Crippen LogP contribution in [0.5, 0.6) is 5.88 Å². The van der Waals surface area contributed by atoms with E-state index >= 15 is 0 Å². The summed E-state index contributed by atoms with van der Waals surface area (Å²) >= 11 is 0. The number of nitrogens with one attached hydrogen (secondary N) is 1. The highest BCUT2D eigenvalue weighted by Gasteiger charge is 2.18. The van der Waals surface area contributed by atoms with Gasteiger partial charge in [-0.2, -0.15) is 0 Å². The van der Waals surface area contributed by atoms with Gasteiger partial charge in [0.15, 0.2) is 15.6 Å². The van der Waals surface area contributed by atoms with Crippen molar-refractivity contribution in [3.63, 3.8) is 0 Å². The second-order valence-corrected chi connectivity index (χ2v) is 8.54. The Kier molecular flexibility index (Phi) is 6.68. The third kappa shape index (κ3) is 5.57. The van der Waals surface area contributed by atoms with Gasteiger partial charge in [-0.25, -0.2) is 13.4 Å². The molecule has 0 fully saturated rings. The normalized spacial score (nSPS) is 11.1. The number of anilines is 1. The Bertz CT molecular complexity index is 1130. The topological polar surface area (TPSA) is 106 Å². The van der Waals surface area contributed by atoms with Crippen molar-refractivity contribution in [2.45, 2.75) is 18.4 Å². The summed E-state index contributed by atoms with van der Waals surface area (Å²) in [5.74, 6) is -1.72. The van der Waals surface area contributed by atoms with Gasteiger partial charge < -0.3 is 15.2 Å². The maximum atomic E-state index is 12.0. The molecule has 0 unspecified atom stereocenters. The van der Waals surface area contributed by atoms with Crippen LogP contribution in [0.25, 0.3) is 11.1 Å². The molecule has 0 amide bonds. The maximum Gasteiger partial charge on any atom is 0.319 e. The van der Waals surface area contributed by atoms with Crippen LogP contribution in [0.3, 0.4) is 0 Å². The summed E-state index contributed by atoms with van der Waals surface area (Å²) in [6.07, 6.45) is 1.71. The fourth-order valence-electron chi connectivity index (χ4n) is 2.91. The van der Waals surface area contributed by atoms with Gasteiger partial charge in [0, 0.05) is 24.5 Å². The van der Waals surface area contributed by atoms with Crippen LogP contribution in [0.15, 0.2) is 71.8 Å². The van der Waals surface area contributed by atoms with E-state index < -0.39 is 21.6 Å². The van der Waals surface area contributed by atoms with Crippen molar-refractivity contribution in [1.82, 2.24) is 4.98 Å². The summed E-state index contributed by atoms with van der Waals surface area (Å²) in [5.41, 5.74) is 3.82. The first-order valence-electron chi connectivity index (χ1n) is 9.34. The highest BCUT2D eigenvalue weighted by atomic mass is 32.2. The zero-order chi connectivity index (χ0) is 21.6. The maximum absolute atomic E-state index is 12.0. The summed E-state index contributed by atoms with van der Waals surface area (Å²) < 4.78 is 29.4. The molecule has 3 rings (SSSR count). The quantitative estimate of drug-likeness (QED) is 0.538. The van der Waals surface area contributed by atoms with Gasteiger partial charge in [0.2, 0.25) is 5.88 Å². The fourth-order valence-corrected chi connectivity index (χ4v) is 3.95. The Balaban J connectivity index is 1.69. The highest BCUT2D eigenvalue weighted by Crippen LogP contribution is 2.24. The molecular weight excluding hydrogens is 404 g/mol. The van der Waals surface area contributed by atoms with Crippen molar-refractivity contribution >= 4 is 21.5 Å². The van der Waals surface area contributed by atoms with Crippen LogP contribution in [0, 0.1) is 0 Å². The first kappa shape index (κ1) is 21.3. The molecule has 0 spiro atoms. The third-order valence-electron chi connectivity index (χ3n) is 4.31. The number of ether oxygens (including phenoxy) is 1. The Labute approximate surface area is 175 Å². The second kappa shape index (κ2) is 9.41. The number of benzene rings is 2. The van der Waals surface area contributed by atoms with Gasteiger partial charge in [-0.3, -0.25) is 4.79 Å². The van der Waals surface area contributed by atoms with Gasteiger partial charge in [0.1, 0.15) is 0 Å². The number of rotatable bonds is 9. The minimum Gasteiger partial charge on any atom is -0.480 e. The monoisotopic (exact) mass is 426 g/mol. The van der Waals surface area contributed by atoms with Crippen molar-refractivity contribution in [2.24, 2.45) is 0 Å². The molecule has 0 atom stereocenters. The molecule has 0 radical (unpaired) electrons. The van der Waals surface area contributed by atoms with E-state index in [1.807, 2.05) is 37.3 Å². The molecule has 2 aromatic carbocycles. The number of nitrogens with zero attached hydrogens (tertiary/aromatic N) is 1. The first-order valence-corrected chi connectivity index (χ1v) is 11.0. The molecule has 0 aliphatic rings. The Hall–Kier alpha value is -3.39. The molecule has 3 aromatic rings. The lowest BCUT2D eigenvalue weighted by molar-refractivity contribution is -0.134. The van der Waals surface area contributed by atoms with Crippen LogP contribution in [-0.4, -0.2) is 36.8 Å². The number of sulfone groups is 1. The molecule has 156 valence electrons. The number of hydrogen-bond acceptors (Lipinski definition) is 6. The second-order valence-electron chi connectivity index (χ2n) is 6.55. The van der Waals surface area contributed by atoms with Gasteiger partial charge in [-0.15, -0.1) is 0 Å². The summed E-state index contributed by atoms with van der Waals surface area (Å²) in [5, 5.41) is 12.0. The Morgan fingerprint density at radius 3 is 2.50 bits per heavy atom. The number of aromatic nitrogens is 1. The Morgan fingerprint density at radius 1 is 1.07 bits per heavy atom. The molecular formula is C22H22N2O5S. The number of carbonyl (C=O) groups is 1. The van der Waals surface area contributed by atoms with Gasteiger partial charge in [0.05, 0.1) is 11.5 Å². The lowest BCUT2D eigenvalue weighted by Gasteiger charge is -2.10. The van der Waals surface area contributed by atoms with Crippen LogP contribution in [-0.2, 0) is 21.2 Å². The largest absolute Gasteiger partial charge is 0.480 e. The summed E-state index contributed by atoms with van der Waals surface area (Å²) in [6.45, 7) is 3.00.